The number of hydrogen-bond donors (Lipinski definition) is 1. The molecule has 2 fully saturated rings. The van der Waals surface area contributed by atoms with E-state index in [0.29, 0.717) is 17.9 Å². The first-order valence-corrected chi connectivity index (χ1v) is 8.50. The Morgan fingerprint density at radius 2 is 2.05 bits per heavy atom. The van der Waals surface area contributed by atoms with E-state index in [1.165, 1.54) is 44.9 Å². The lowest BCUT2D eigenvalue weighted by molar-refractivity contribution is 0.346. The zero-order chi connectivity index (χ0) is 14.8. The second-order valence-corrected chi connectivity index (χ2v) is 6.47. The number of hydrogen-bond acceptors (Lipinski definition) is 5. The molecule has 0 amide bonds. The first-order valence-electron chi connectivity index (χ1n) is 8.50. The summed E-state index contributed by atoms with van der Waals surface area (Å²) in [7, 11) is 0. The molecule has 0 radical (unpaired) electrons. The molecule has 0 bridgehead atoms. The minimum absolute atomic E-state index is 0.434. The lowest BCUT2D eigenvalue weighted by atomic mass is 9.89. The third-order valence-electron chi connectivity index (χ3n) is 4.88. The predicted molar refractivity (Wildman–Crippen MR) is 82.5 cm³/mol. The minimum Gasteiger partial charge on any atom is -0.332 e. The standard InChI is InChI=1S/C16H23N5O/c1-2-5-12(6-3-1)15-18-16(22-20-15)14-8-10-21(19-14)13-7-4-9-17-11-13/h8,10,12-13,17H,1-7,9,11H2. The minimum atomic E-state index is 0.434. The number of rotatable bonds is 3. The quantitative estimate of drug-likeness (QED) is 0.944. The monoisotopic (exact) mass is 301 g/mol. The molecular formula is C16H23N5O. The fourth-order valence-electron chi connectivity index (χ4n) is 3.58. The van der Waals surface area contributed by atoms with Crippen LogP contribution < -0.4 is 5.32 Å². The van der Waals surface area contributed by atoms with Gasteiger partial charge in [0.25, 0.3) is 5.89 Å². The molecule has 22 heavy (non-hydrogen) atoms. The Kier molecular flexibility index (Phi) is 3.93. The summed E-state index contributed by atoms with van der Waals surface area (Å²) in [6, 6.07) is 2.41. The van der Waals surface area contributed by atoms with Crippen molar-refractivity contribution in [1.82, 2.24) is 25.2 Å². The van der Waals surface area contributed by atoms with Crippen LogP contribution in [-0.4, -0.2) is 33.0 Å². The van der Waals surface area contributed by atoms with E-state index >= 15 is 0 Å². The summed E-state index contributed by atoms with van der Waals surface area (Å²) in [6.07, 6.45) is 10.6. The van der Waals surface area contributed by atoms with E-state index in [0.717, 1.165) is 24.6 Å². The zero-order valence-corrected chi connectivity index (χ0v) is 12.9. The molecule has 0 aromatic carbocycles. The van der Waals surface area contributed by atoms with Gasteiger partial charge in [0.1, 0.15) is 0 Å². The molecule has 6 nitrogen and oxygen atoms in total. The number of aromatic nitrogens is 4. The highest BCUT2D eigenvalue weighted by molar-refractivity contribution is 5.45. The first kappa shape index (κ1) is 13.9. The van der Waals surface area contributed by atoms with Crippen molar-refractivity contribution < 1.29 is 4.52 Å². The Balaban J connectivity index is 1.50. The summed E-state index contributed by atoms with van der Waals surface area (Å²) in [6.45, 7) is 2.09. The molecule has 1 unspecified atom stereocenters. The summed E-state index contributed by atoms with van der Waals surface area (Å²) in [5.41, 5.74) is 0.792. The van der Waals surface area contributed by atoms with Gasteiger partial charge in [-0.25, -0.2) is 0 Å². The van der Waals surface area contributed by atoms with Crippen molar-refractivity contribution in [1.29, 1.82) is 0 Å². The average Bonchev–Trinajstić information content (AvgIpc) is 3.26. The Bertz CT molecular complexity index is 553. The molecule has 6 heteroatoms. The van der Waals surface area contributed by atoms with Crippen LogP contribution in [0, 0.1) is 0 Å². The maximum absolute atomic E-state index is 5.45. The number of nitrogens with zero attached hydrogens (tertiary/aromatic N) is 4. The van der Waals surface area contributed by atoms with E-state index < -0.39 is 0 Å². The molecule has 3 heterocycles. The Labute approximate surface area is 130 Å². The number of piperidine rings is 1. The Morgan fingerprint density at radius 3 is 2.86 bits per heavy atom. The van der Waals surface area contributed by atoms with Gasteiger partial charge in [0.15, 0.2) is 11.5 Å². The molecule has 1 saturated heterocycles. The predicted octanol–water partition coefficient (Wildman–Crippen LogP) is 2.91. The van der Waals surface area contributed by atoms with Crippen LogP contribution in [0.4, 0.5) is 0 Å². The van der Waals surface area contributed by atoms with Crippen molar-refractivity contribution in [3.8, 4) is 11.6 Å². The molecule has 118 valence electrons. The largest absolute Gasteiger partial charge is 0.332 e. The number of nitrogens with one attached hydrogen (secondary N) is 1. The fraction of sp³-hybridized carbons (Fsp3) is 0.688. The summed E-state index contributed by atoms with van der Waals surface area (Å²) >= 11 is 0. The molecule has 2 aromatic rings. The third kappa shape index (κ3) is 2.79. The van der Waals surface area contributed by atoms with Crippen molar-refractivity contribution in [2.24, 2.45) is 0 Å². The van der Waals surface area contributed by atoms with Gasteiger partial charge in [-0.1, -0.05) is 24.4 Å². The highest BCUT2D eigenvalue weighted by atomic mass is 16.5. The SMILES string of the molecule is c1cn(C2CCCNC2)nc1-c1nc(C2CCCCC2)no1. The second kappa shape index (κ2) is 6.20. The highest BCUT2D eigenvalue weighted by Gasteiger charge is 2.23. The van der Waals surface area contributed by atoms with Crippen molar-refractivity contribution in [2.45, 2.75) is 56.9 Å². The van der Waals surface area contributed by atoms with Gasteiger partial charge in [-0.15, -0.1) is 0 Å². The Hall–Kier alpha value is -1.69. The average molecular weight is 301 g/mol. The van der Waals surface area contributed by atoms with Crippen molar-refractivity contribution >= 4 is 0 Å². The van der Waals surface area contributed by atoms with Gasteiger partial charge in [0.2, 0.25) is 0 Å². The van der Waals surface area contributed by atoms with E-state index in [9.17, 15) is 0 Å². The molecular weight excluding hydrogens is 278 g/mol. The van der Waals surface area contributed by atoms with Crippen molar-refractivity contribution in [2.75, 3.05) is 13.1 Å². The van der Waals surface area contributed by atoms with Crippen LogP contribution in [-0.2, 0) is 0 Å². The normalized spacial score (nSPS) is 23.7. The summed E-state index contributed by atoms with van der Waals surface area (Å²) in [5, 5.41) is 12.3. The molecule has 1 N–H and O–H groups in total. The Morgan fingerprint density at radius 1 is 1.14 bits per heavy atom. The van der Waals surface area contributed by atoms with Gasteiger partial charge in [0.05, 0.1) is 6.04 Å². The highest BCUT2D eigenvalue weighted by Crippen LogP contribution is 2.31. The first-order chi connectivity index (χ1) is 10.9. The molecule has 2 aromatic heterocycles. The van der Waals surface area contributed by atoms with E-state index in [-0.39, 0.29) is 0 Å². The lowest BCUT2D eigenvalue weighted by Crippen LogP contribution is -2.31. The molecule has 2 aliphatic rings. The maximum Gasteiger partial charge on any atom is 0.278 e. The topological polar surface area (TPSA) is 68.8 Å². The summed E-state index contributed by atoms with van der Waals surface area (Å²) in [5.74, 6) is 1.89. The van der Waals surface area contributed by atoms with E-state index in [1.54, 1.807) is 0 Å². The van der Waals surface area contributed by atoms with Gasteiger partial charge in [-0.05, 0) is 38.3 Å². The van der Waals surface area contributed by atoms with Crippen LogP contribution in [0.3, 0.4) is 0 Å². The molecule has 1 aliphatic heterocycles. The van der Waals surface area contributed by atoms with Gasteiger partial charge in [-0.3, -0.25) is 4.68 Å². The van der Waals surface area contributed by atoms with Gasteiger partial charge in [-0.2, -0.15) is 10.1 Å². The summed E-state index contributed by atoms with van der Waals surface area (Å²) < 4.78 is 7.49. The van der Waals surface area contributed by atoms with Crippen LogP contribution in [0.1, 0.15) is 62.7 Å². The molecule has 4 rings (SSSR count). The van der Waals surface area contributed by atoms with Crippen LogP contribution in [0.15, 0.2) is 16.8 Å². The smallest absolute Gasteiger partial charge is 0.278 e. The van der Waals surface area contributed by atoms with Crippen LogP contribution in [0.2, 0.25) is 0 Å². The van der Waals surface area contributed by atoms with Gasteiger partial charge >= 0.3 is 0 Å². The van der Waals surface area contributed by atoms with E-state index in [4.69, 9.17) is 4.52 Å². The zero-order valence-electron chi connectivity index (χ0n) is 12.9. The van der Waals surface area contributed by atoms with Crippen LogP contribution in [0.5, 0.6) is 0 Å². The maximum atomic E-state index is 5.45. The van der Waals surface area contributed by atoms with Crippen LogP contribution >= 0.6 is 0 Å². The molecule has 1 saturated carbocycles. The van der Waals surface area contributed by atoms with Gasteiger partial charge in [0, 0.05) is 18.7 Å². The van der Waals surface area contributed by atoms with Crippen molar-refractivity contribution in [3.63, 3.8) is 0 Å². The third-order valence-corrected chi connectivity index (χ3v) is 4.88. The molecule has 1 aliphatic carbocycles. The fourth-order valence-corrected chi connectivity index (χ4v) is 3.58. The molecule has 1 atom stereocenters. The summed E-state index contributed by atoms with van der Waals surface area (Å²) in [4.78, 5) is 4.59. The van der Waals surface area contributed by atoms with Crippen LogP contribution in [0.25, 0.3) is 11.6 Å². The van der Waals surface area contributed by atoms with Crippen molar-refractivity contribution in [3.05, 3.63) is 18.1 Å². The molecule has 0 spiro atoms. The van der Waals surface area contributed by atoms with E-state index in [1.807, 2.05) is 16.9 Å². The van der Waals surface area contributed by atoms with Gasteiger partial charge < -0.3 is 9.84 Å². The van der Waals surface area contributed by atoms with E-state index in [2.05, 4.69) is 20.6 Å². The lowest BCUT2D eigenvalue weighted by Gasteiger charge is -2.22. The second-order valence-electron chi connectivity index (χ2n) is 6.47.